The monoisotopic (exact) mass is 331 g/mol. The summed E-state index contributed by atoms with van der Waals surface area (Å²) in [5, 5.41) is 4.06. The largest absolute Gasteiger partial charge is 0.365 e. The lowest BCUT2D eigenvalue weighted by atomic mass is 10.2. The van der Waals surface area contributed by atoms with Crippen LogP contribution in [0.1, 0.15) is 5.56 Å². The van der Waals surface area contributed by atoms with E-state index >= 15 is 0 Å². The maximum absolute atomic E-state index is 13.6. The normalized spacial score (nSPS) is 10.7. The van der Waals surface area contributed by atoms with Gasteiger partial charge in [0.15, 0.2) is 0 Å². The highest BCUT2D eigenvalue weighted by Crippen LogP contribution is 2.23. The van der Waals surface area contributed by atoms with Crippen molar-refractivity contribution in [3.8, 4) is 0 Å². The Kier molecular flexibility index (Phi) is 3.60. The average molecular weight is 332 g/mol. The highest BCUT2D eigenvalue weighted by atomic mass is 79.9. The summed E-state index contributed by atoms with van der Waals surface area (Å²) >= 11 is 3.43. The zero-order chi connectivity index (χ0) is 13.9. The van der Waals surface area contributed by atoms with Crippen molar-refractivity contribution in [2.75, 3.05) is 5.32 Å². The summed E-state index contributed by atoms with van der Waals surface area (Å²) in [5.41, 5.74) is 1.45. The van der Waals surface area contributed by atoms with Crippen molar-refractivity contribution >= 4 is 32.7 Å². The maximum Gasteiger partial charge on any atom is 0.137 e. The van der Waals surface area contributed by atoms with Crippen LogP contribution in [-0.4, -0.2) is 9.97 Å². The van der Waals surface area contributed by atoms with Crippen molar-refractivity contribution < 1.29 is 4.39 Å². The van der Waals surface area contributed by atoms with Crippen LogP contribution >= 0.6 is 15.9 Å². The summed E-state index contributed by atoms with van der Waals surface area (Å²) in [6.07, 6.45) is 1.50. The molecule has 0 saturated carbocycles. The molecule has 3 nitrogen and oxygen atoms in total. The Bertz CT molecular complexity index is 761. The molecule has 0 spiro atoms. The fourth-order valence-corrected chi connectivity index (χ4v) is 2.35. The third kappa shape index (κ3) is 2.63. The second-order valence-electron chi connectivity index (χ2n) is 4.33. The molecule has 0 fully saturated rings. The molecule has 1 N–H and O–H groups in total. The van der Waals surface area contributed by atoms with Crippen LogP contribution in [-0.2, 0) is 6.54 Å². The fourth-order valence-electron chi connectivity index (χ4n) is 1.99. The summed E-state index contributed by atoms with van der Waals surface area (Å²) in [5.74, 6) is 0.471. The molecule has 0 atom stereocenters. The zero-order valence-corrected chi connectivity index (χ0v) is 12.1. The van der Waals surface area contributed by atoms with Gasteiger partial charge in [0.05, 0.1) is 5.52 Å². The molecule has 2 aromatic carbocycles. The van der Waals surface area contributed by atoms with Crippen LogP contribution in [0, 0.1) is 5.82 Å². The number of halogens is 2. The number of rotatable bonds is 3. The number of hydrogen-bond acceptors (Lipinski definition) is 3. The van der Waals surface area contributed by atoms with E-state index in [4.69, 9.17) is 0 Å². The van der Waals surface area contributed by atoms with Crippen molar-refractivity contribution in [2.45, 2.75) is 6.54 Å². The standard InChI is InChI=1S/C15H11BrFN3/c16-11-5-6-14-12(7-11)15(20-9-19-14)18-8-10-3-1-2-4-13(10)17/h1-7,9H,8H2,(H,18,19,20). The fraction of sp³-hybridized carbons (Fsp3) is 0.0667. The van der Waals surface area contributed by atoms with Crippen LogP contribution in [0.5, 0.6) is 0 Å². The first kappa shape index (κ1) is 13.0. The Morgan fingerprint density at radius 1 is 1.10 bits per heavy atom. The lowest BCUT2D eigenvalue weighted by molar-refractivity contribution is 0.613. The Balaban J connectivity index is 1.91. The highest BCUT2D eigenvalue weighted by molar-refractivity contribution is 9.10. The van der Waals surface area contributed by atoms with Gasteiger partial charge >= 0.3 is 0 Å². The van der Waals surface area contributed by atoms with Gasteiger partial charge in [-0.1, -0.05) is 34.1 Å². The average Bonchev–Trinajstić information content (AvgIpc) is 2.46. The smallest absolute Gasteiger partial charge is 0.137 e. The molecule has 1 heterocycles. The number of anilines is 1. The maximum atomic E-state index is 13.6. The predicted molar refractivity (Wildman–Crippen MR) is 81.0 cm³/mol. The minimum Gasteiger partial charge on any atom is -0.365 e. The SMILES string of the molecule is Fc1ccccc1CNc1ncnc2ccc(Br)cc12. The molecular formula is C15H11BrFN3. The summed E-state index contributed by atoms with van der Waals surface area (Å²) in [6.45, 7) is 0.380. The number of aromatic nitrogens is 2. The zero-order valence-electron chi connectivity index (χ0n) is 10.5. The van der Waals surface area contributed by atoms with Gasteiger partial charge < -0.3 is 5.32 Å². The summed E-state index contributed by atoms with van der Waals surface area (Å²) in [4.78, 5) is 8.44. The van der Waals surface area contributed by atoms with E-state index in [1.807, 2.05) is 24.3 Å². The number of hydrogen-bond donors (Lipinski definition) is 1. The molecule has 3 aromatic rings. The van der Waals surface area contributed by atoms with E-state index in [1.54, 1.807) is 12.1 Å². The molecule has 5 heteroatoms. The van der Waals surface area contributed by atoms with Crippen molar-refractivity contribution in [3.63, 3.8) is 0 Å². The molecule has 20 heavy (non-hydrogen) atoms. The number of nitrogens with zero attached hydrogens (tertiary/aromatic N) is 2. The summed E-state index contributed by atoms with van der Waals surface area (Å²) in [7, 11) is 0. The van der Waals surface area contributed by atoms with Crippen molar-refractivity contribution in [1.82, 2.24) is 9.97 Å². The van der Waals surface area contributed by atoms with E-state index in [-0.39, 0.29) is 5.82 Å². The Hall–Kier alpha value is -2.01. The van der Waals surface area contributed by atoms with Gasteiger partial charge in [0.1, 0.15) is 18.0 Å². The molecule has 0 saturated heterocycles. The van der Waals surface area contributed by atoms with Crippen molar-refractivity contribution in [1.29, 1.82) is 0 Å². The third-order valence-electron chi connectivity index (χ3n) is 3.00. The Morgan fingerprint density at radius 2 is 1.95 bits per heavy atom. The minimum absolute atomic E-state index is 0.223. The molecule has 0 unspecified atom stereocenters. The van der Waals surface area contributed by atoms with Gasteiger partial charge in [-0.15, -0.1) is 0 Å². The molecule has 0 bridgehead atoms. The third-order valence-corrected chi connectivity index (χ3v) is 3.49. The first-order valence-corrected chi connectivity index (χ1v) is 6.91. The number of nitrogens with one attached hydrogen (secondary N) is 1. The molecular weight excluding hydrogens is 321 g/mol. The highest BCUT2D eigenvalue weighted by Gasteiger charge is 2.05. The van der Waals surface area contributed by atoms with Gasteiger partial charge in [-0.05, 0) is 24.3 Å². The lowest BCUT2D eigenvalue weighted by Gasteiger charge is -2.09. The van der Waals surface area contributed by atoms with Gasteiger partial charge in [0.25, 0.3) is 0 Å². The van der Waals surface area contributed by atoms with E-state index in [1.165, 1.54) is 12.4 Å². The van der Waals surface area contributed by atoms with Gasteiger partial charge in [-0.2, -0.15) is 0 Å². The summed E-state index contributed by atoms with van der Waals surface area (Å²) < 4.78 is 14.5. The topological polar surface area (TPSA) is 37.8 Å². The Morgan fingerprint density at radius 3 is 2.80 bits per heavy atom. The molecule has 100 valence electrons. The van der Waals surface area contributed by atoms with Gasteiger partial charge in [-0.25, -0.2) is 14.4 Å². The minimum atomic E-state index is -0.223. The molecule has 0 aliphatic heterocycles. The van der Waals surface area contributed by atoms with E-state index in [9.17, 15) is 4.39 Å². The second-order valence-corrected chi connectivity index (χ2v) is 5.24. The van der Waals surface area contributed by atoms with E-state index < -0.39 is 0 Å². The van der Waals surface area contributed by atoms with Crippen molar-refractivity contribution in [2.24, 2.45) is 0 Å². The van der Waals surface area contributed by atoms with Crippen LogP contribution in [0.4, 0.5) is 10.2 Å². The predicted octanol–water partition coefficient (Wildman–Crippen LogP) is 4.14. The lowest BCUT2D eigenvalue weighted by Crippen LogP contribution is -2.04. The quantitative estimate of drug-likeness (QED) is 0.783. The molecule has 1 aromatic heterocycles. The van der Waals surface area contributed by atoms with Crippen LogP contribution in [0.25, 0.3) is 10.9 Å². The van der Waals surface area contributed by atoms with Crippen LogP contribution in [0.2, 0.25) is 0 Å². The van der Waals surface area contributed by atoms with Crippen LogP contribution in [0.3, 0.4) is 0 Å². The molecule has 0 aliphatic rings. The number of benzene rings is 2. The molecule has 0 radical (unpaired) electrons. The van der Waals surface area contributed by atoms with E-state index in [2.05, 4.69) is 31.2 Å². The molecule has 0 amide bonds. The second kappa shape index (κ2) is 5.54. The summed E-state index contributed by atoms with van der Waals surface area (Å²) in [6, 6.07) is 12.5. The van der Waals surface area contributed by atoms with Gasteiger partial charge in [0, 0.05) is 22.0 Å². The van der Waals surface area contributed by atoms with E-state index in [0.29, 0.717) is 17.9 Å². The Labute approximate surface area is 124 Å². The first-order valence-electron chi connectivity index (χ1n) is 6.11. The van der Waals surface area contributed by atoms with Crippen molar-refractivity contribution in [3.05, 3.63) is 64.6 Å². The molecule has 3 rings (SSSR count). The van der Waals surface area contributed by atoms with Crippen LogP contribution < -0.4 is 5.32 Å². The van der Waals surface area contributed by atoms with Gasteiger partial charge in [0.2, 0.25) is 0 Å². The molecule has 0 aliphatic carbocycles. The van der Waals surface area contributed by atoms with E-state index in [0.717, 1.165) is 15.4 Å². The van der Waals surface area contributed by atoms with Gasteiger partial charge in [-0.3, -0.25) is 0 Å². The first-order chi connectivity index (χ1) is 9.74. The number of fused-ring (bicyclic) bond motifs is 1. The van der Waals surface area contributed by atoms with Crippen LogP contribution in [0.15, 0.2) is 53.3 Å².